The van der Waals surface area contributed by atoms with Crippen LogP contribution < -0.4 is 10.6 Å². The molecule has 0 saturated carbocycles. The van der Waals surface area contributed by atoms with E-state index >= 15 is 0 Å². The second-order valence-corrected chi connectivity index (χ2v) is 9.91. The highest BCUT2D eigenvalue weighted by Gasteiger charge is 2.29. The first kappa shape index (κ1) is 22.7. The van der Waals surface area contributed by atoms with Crippen molar-refractivity contribution in [2.75, 3.05) is 25.4 Å². The zero-order chi connectivity index (χ0) is 20.8. The third kappa shape index (κ3) is 6.21. The third-order valence-corrected chi connectivity index (χ3v) is 7.12. The summed E-state index contributed by atoms with van der Waals surface area (Å²) in [4.78, 5) is 5.04. The number of aryl methyl sites for hydroxylation is 2. The van der Waals surface area contributed by atoms with Crippen LogP contribution >= 0.6 is 0 Å². The van der Waals surface area contributed by atoms with Crippen LogP contribution in [0.3, 0.4) is 0 Å². The Kier molecular flexibility index (Phi) is 7.89. The van der Waals surface area contributed by atoms with E-state index in [9.17, 15) is 8.42 Å². The molecule has 0 bridgehead atoms. The van der Waals surface area contributed by atoms with Gasteiger partial charge in [-0.3, -0.25) is 4.99 Å². The van der Waals surface area contributed by atoms with E-state index < -0.39 is 9.84 Å². The number of ether oxygens (including phenoxy) is 1. The van der Waals surface area contributed by atoms with Crippen molar-refractivity contribution in [1.82, 2.24) is 10.6 Å². The summed E-state index contributed by atoms with van der Waals surface area (Å²) in [5, 5.41) is 6.52. The lowest BCUT2D eigenvalue weighted by atomic mass is 10.0. The summed E-state index contributed by atoms with van der Waals surface area (Å²) in [6.07, 6.45) is 2.73. The molecule has 0 amide bonds. The van der Waals surface area contributed by atoms with Gasteiger partial charge in [0.05, 0.1) is 22.8 Å². The number of aliphatic imine (C=N–C) groups is 1. The Morgan fingerprint density at radius 1 is 1.29 bits per heavy atom. The van der Waals surface area contributed by atoms with E-state index in [0.29, 0.717) is 30.4 Å². The van der Waals surface area contributed by atoms with Gasteiger partial charge in [0, 0.05) is 19.2 Å². The van der Waals surface area contributed by atoms with Crippen molar-refractivity contribution in [1.29, 1.82) is 0 Å². The Hall–Kier alpha value is -1.60. The minimum atomic E-state index is -3.38. The van der Waals surface area contributed by atoms with Crippen LogP contribution in [0.1, 0.15) is 51.2 Å². The van der Waals surface area contributed by atoms with E-state index in [0.717, 1.165) is 30.6 Å². The number of nitrogens with zero attached hydrogens (tertiary/aromatic N) is 1. The summed E-state index contributed by atoms with van der Waals surface area (Å²) in [5.41, 5.74) is 1.85. The summed E-state index contributed by atoms with van der Waals surface area (Å²) in [6, 6.07) is 5.10. The predicted molar refractivity (Wildman–Crippen MR) is 115 cm³/mol. The molecule has 2 atom stereocenters. The molecule has 6 nitrogen and oxygen atoms in total. The van der Waals surface area contributed by atoms with Gasteiger partial charge in [0.15, 0.2) is 15.8 Å². The Morgan fingerprint density at radius 2 is 2.04 bits per heavy atom. The molecule has 1 heterocycles. The number of rotatable bonds is 8. The molecular weight excluding hydrogens is 374 g/mol. The Labute approximate surface area is 170 Å². The fraction of sp³-hybridized carbons (Fsp3) is 0.667. The normalized spacial score (nSPS) is 21.5. The van der Waals surface area contributed by atoms with E-state index in [2.05, 4.69) is 22.5 Å². The summed E-state index contributed by atoms with van der Waals surface area (Å²) in [5.74, 6) is 0.672. The van der Waals surface area contributed by atoms with Gasteiger partial charge in [-0.25, -0.2) is 8.42 Å². The Morgan fingerprint density at radius 3 is 2.61 bits per heavy atom. The standard InChI is InChI=1S/C21H35N3O3S/c1-6-18(14-28(25,26)19-10-9-16(3)17(4)13-19)24-20(22-7-2)23-15-21(5)11-8-12-27-21/h9-10,13,18H,6-8,11-12,14-15H2,1-5H3,(H2,22,23,24). The van der Waals surface area contributed by atoms with E-state index in [1.54, 1.807) is 12.1 Å². The van der Waals surface area contributed by atoms with Gasteiger partial charge in [-0.1, -0.05) is 13.0 Å². The van der Waals surface area contributed by atoms with Crippen molar-refractivity contribution in [3.8, 4) is 0 Å². The number of benzene rings is 1. The number of nitrogens with one attached hydrogen (secondary N) is 2. The Balaban J connectivity index is 2.10. The van der Waals surface area contributed by atoms with Crippen molar-refractivity contribution in [2.24, 2.45) is 4.99 Å². The minimum absolute atomic E-state index is 0.0319. The summed E-state index contributed by atoms with van der Waals surface area (Å²) >= 11 is 0. The lowest BCUT2D eigenvalue weighted by Gasteiger charge is -2.24. The first-order valence-electron chi connectivity index (χ1n) is 10.2. The molecular formula is C21H35N3O3S. The van der Waals surface area contributed by atoms with Crippen LogP contribution in [0.15, 0.2) is 28.1 Å². The van der Waals surface area contributed by atoms with Crippen LogP contribution in [0.2, 0.25) is 0 Å². The zero-order valence-corrected chi connectivity index (χ0v) is 18.7. The molecule has 1 aromatic rings. The number of sulfone groups is 1. The number of guanidine groups is 1. The molecule has 2 N–H and O–H groups in total. The van der Waals surface area contributed by atoms with Gasteiger partial charge >= 0.3 is 0 Å². The van der Waals surface area contributed by atoms with Gasteiger partial charge in [0.2, 0.25) is 0 Å². The van der Waals surface area contributed by atoms with Gasteiger partial charge in [-0.15, -0.1) is 0 Å². The van der Waals surface area contributed by atoms with Crippen molar-refractivity contribution in [3.05, 3.63) is 29.3 Å². The highest BCUT2D eigenvalue weighted by Crippen LogP contribution is 2.25. The second kappa shape index (κ2) is 9.74. The van der Waals surface area contributed by atoms with E-state index in [1.807, 2.05) is 33.8 Å². The van der Waals surface area contributed by atoms with E-state index in [-0.39, 0.29) is 17.4 Å². The van der Waals surface area contributed by atoms with Crippen LogP contribution in [0.4, 0.5) is 0 Å². The fourth-order valence-electron chi connectivity index (χ4n) is 3.25. The molecule has 2 unspecified atom stereocenters. The molecule has 158 valence electrons. The topological polar surface area (TPSA) is 79.8 Å². The maximum Gasteiger partial charge on any atom is 0.191 e. The average molecular weight is 410 g/mol. The molecule has 28 heavy (non-hydrogen) atoms. The number of hydrogen-bond donors (Lipinski definition) is 2. The SMILES string of the molecule is CCNC(=NCC1(C)CCCO1)NC(CC)CS(=O)(=O)c1ccc(C)c(C)c1. The zero-order valence-electron chi connectivity index (χ0n) is 17.8. The van der Waals surface area contributed by atoms with Crippen molar-refractivity contribution >= 4 is 15.8 Å². The largest absolute Gasteiger partial charge is 0.373 e. The first-order chi connectivity index (χ1) is 13.2. The highest BCUT2D eigenvalue weighted by molar-refractivity contribution is 7.91. The predicted octanol–water partition coefficient (Wildman–Crippen LogP) is 2.98. The van der Waals surface area contributed by atoms with Crippen LogP contribution in [0, 0.1) is 13.8 Å². The number of hydrogen-bond acceptors (Lipinski definition) is 4. The summed E-state index contributed by atoms with van der Waals surface area (Å²) < 4.78 is 31.6. The van der Waals surface area contributed by atoms with Crippen LogP contribution in [-0.4, -0.2) is 51.5 Å². The Bertz CT molecular complexity index is 784. The second-order valence-electron chi connectivity index (χ2n) is 7.87. The van der Waals surface area contributed by atoms with Gasteiger partial charge in [0.25, 0.3) is 0 Å². The fourth-order valence-corrected chi connectivity index (χ4v) is 4.92. The monoisotopic (exact) mass is 409 g/mol. The molecule has 1 fully saturated rings. The molecule has 1 aliphatic rings. The maximum atomic E-state index is 12.9. The van der Waals surface area contributed by atoms with Gasteiger partial charge in [0.1, 0.15) is 0 Å². The lowest BCUT2D eigenvalue weighted by Crippen LogP contribution is -2.46. The lowest BCUT2D eigenvalue weighted by molar-refractivity contribution is 0.0283. The third-order valence-electron chi connectivity index (χ3n) is 5.31. The molecule has 0 aromatic heterocycles. The maximum absolute atomic E-state index is 12.9. The van der Waals surface area contributed by atoms with Crippen molar-refractivity contribution < 1.29 is 13.2 Å². The van der Waals surface area contributed by atoms with E-state index in [4.69, 9.17) is 4.74 Å². The van der Waals surface area contributed by atoms with Gasteiger partial charge < -0.3 is 15.4 Å². The van der Waals surface area contributed by atoms with Crippen molar-refractivity contribution in [2.45, 2.75) is 70.4 Å². The van der Waals surface area contributed by atoms with Gasteiger partial charge in [-0.05, 0) is 70.2 Å². The quantitative estimate of drug-likeness (QED) is 0.510. The summed E-state index contributed by atoms with van der Waals surface area (Å²) in [6.45, 7) is 12.0. The molecule has 0 aliphatic carbocycles. The smallest absolute Gasteiger partial charge is 0.191 e. The molecule has 1 saturated heterocycles. The van der Waals surface area contributed by atoms with Crippen LogP contribution in [0.25, 0.3) is 0 Å². The highest BCUT2D eigenvalue weighted by atomic mass is 32.2. The molecule has 7 heteroatoms. The van der Waals surface area contributed by atoms with E-state index in [1.165, 1.54) is 0 Å². The first-order valence-corrected chi connectivity index (χ1v) is 11.8. The molecule has 1 aliphatic heterocycles. The van der Waals surface area contributed by atoms with Gasteiger partial charge in [-0.2, -0.15) is 0 Å². The molecule has 0 radical (unpaired) electrons. The minimum Gasteiger partial charge on any atom is -0.373 e. The molecule has 0 spiro atoms. The molecule has 2 rings (SSSR count). The van der Waals surface area contributed by atoms with Crippen LogP contribution in [-0.2, 0) is 14.6 Å². The average Bonchev–Trinajstić information content (AvgIpc) is 3.08. The van der Waals surface area contributed by atoms with Crippen molar-refractivity contribution in [3.63, 3.8) is 0 Å². The van der Waals surface area contributed by atoms with Crippen LogP contribution in [0.5, 0.6) is 0 Å². The molecule has 1 aromatic carbocycles. The summed E-state index contributed by atoms with van der Waals surface area (Å²) in [7, 11) is -3.38.